The number of azo groups is 1. The topological polar surface area (TPSA) is 51.5 Å². The summed E-state index contributed by atoms with van der Waals surface area (Å²) in [7, 11) is 0. The number of amides is 2. The van der Waals surface area contributed by atoms with Crippen molar-refractivity contribution >= 4 is 23.3 Å². The van der Waals surface area contributed by atoms with E-state index in [0.717, 1.165) is 57.0 Å². The predicted octanol–water partition coefficient (Wildman–Crippen LogP) is 4.26. The Bertz CT molecular complexity index is 659. The molecule has 26 heavy (non-hydrogen) atoms. The highest BCUT2D eigenvalue weighted by atomic mass is 35.5. The number of carbonyl (C=O) groups excluding carboxylic acids is 1. The van der Waals surface area contributed by atoms with Crippen molar-refractivity contribution in [3.05, 3.63) is 29.3 Å². The van der Waals surface area contributed by atoms with E-state index in [1.165, 1.54) is 5.69 Å². The van der Waals surface area contributed by atoms with E-state index in [4.69, 9.17) is 11.6 Å². The van der Waals surface area contributed by atoms with Gasteiger partial charge in [0.1, 0.15) is 0 Å². The molecule has 0 spiro atoms. The Morgan fingerprint density at radius 2 is 1.96 bits per heavy atom. The molecule has 1 aromatic carbocycles. The van der Waals surface area contributed by atoms with Gasteiger partial charge < -0.3 is 4.90 Å². The molecule has 1 unspecified atom stereocenters. The maximum atomic E-state index is 11.9. The van der Waals surface area contributed by atoms with E-state index in [-0.39, 0.29) is 6.03 Å². The van der Waals surface area contributed by atoms with Crippen LogP contribution in [0.4, 0.5) is 10.5 Å². The minimum absolute atomic E-state index is 0.190. The van der Waals surface area contributed by atoms with Crippen molar-refractivity contribution in [1.82, 2.24) is 9.80 Å². The maximum Gasteiger partial charge on any atom is 0.363 e. The Kier molecular flexibility index (Phi) is 6.14. The second-order valence-electron chi connectivity index (χ2n) is 6.97. The van der Waals surface area contributed by atoms with Gasteiger partial charge in [-0.15, -0.1) is 0 Å². The summed E-state index contributed by atoms with van der Waals surface area (Å²) in [5, 5.41) is 8.92. The normalized spacial score (nSPS) is 23.9. The summed E-state index contributed by atoms with van der Waals surface area (Å²) in [5.74, 6) is 0. The van der Waals surface area contributed by atoms with Crippen LogP contribution >= 0.6 is 11.6 Å². The predicted molar refractivity (Wildman–Crippen MR) is 105 cm³/mol. The molecular formula is C19H28ClN5O. The van der Waals surface area contributed by atoms with Crippen LogP contribution in [-0.2, 0) is 0 Å². The summed E-state index contributed by atoms with van der Waals surface area (Å²) in [4.78, 5) is 18.6. The molecule has 1 aromatic rings. The lowest BCUT2D eigenvalue weighted by molar-refractivity contribution is 0.128. The molecule has 0 saturated carbocycles. The zero-order valence-corrected chi connectivity index (χ0v) is 16.5. The van der Waals surface area contributed by atoms with Crippen LogP contribution in [0.15, 0.2) is 34.5 Å². The molecule has 1 saturated heterocycles. The first-order valence-corrected chi connectivity index (χ1v) is 9.93. The fourth-order valence-electron chi connectivity index (χ4n) is 3.96. The number of urea groups is 1. The van der Waals surface area contributed by atoms with E-state index >= 15 is 0 Å². The van der Waals surface area contributed by atoms with Crippen LogP contribution in [0.3, 0.4) is 0 Å². The third-order valence-electron chi connectivity index (χ3n) is 5.53. The SMILES string of the molecule is CCN1C(=O)N=NC1(CC)CCCN1CCN(c2cccc(Cl)c2)CC1. The number of benzene rings is 1. The lowest BCUT2D eigenvalue weighted by atomic mass is 9.99. The largest absolute Gasteiger partial charge is 0.369 e. The van der Waals surface area contributed by atoms with Gasteiger partial charge in [0.25, 0.3) is 0 Å². The standard InChI is InChI=1S/C19H28ClN5O/c1-3-19(22-21-18(26)25(19)4-2)9-6-10-23-11-13-24(14-12-23)17-8-5-7-16(20)15-17/h5,7-8,15H,3-4,6,9-14H2,1-2H3. The molecule has 0 aromatic heterocycles. The summed E-state index contributed by atoms with van der Waals surface area (Å²) in [6, 6.07) is 7.88. The molecule has 6 nitrogen and oxygen atoms in total. The van der Waals surface area contributed by atoms with Gasteiger partial charge >= 0.3 is 6.03 Å². The molecule has 2 amide bonds. The van der Waals surface area contributed by atoms with Crippen molar-refractivity contribution in [3.63, 3.8) is 0 Å². The Balaban J connectivity index is 1.47. The van der Waals surface area contributed by atoms with Gasteiger partial charge in [-0.1, -0.05) is 29.7 Å². The van der Waals surface area contributed by atoms with Crippen LogP contribution < -0.4 is 4.90 Å². The van der Waals surface area contributed by atoms with Crippen molar-refractivity contribution < 1.29 is 4.79 Å². The van der Waals surface area contributed by atoms with Crippen molar-refractivity contribution in [2.45, 2.75) is 38.8 Å². The first-order chi connectivity index (χ1) is 12.6. The quantitative estimate of drug-likeness (QED) is 0.713. The van der Waals surface area contributed by atoms with Crippen LogP contribution in [0.2, 0.25) is 5.02 Å². The number of rotatable bonds is 7. The van der Waals surface area contributed by atoms with Gasteiger partial charge in [-0.2, -0.15) is 5.11 Å². The van der Waals surface area contributed by atoms with Crippen LogP contribution in [0.25, 0.3) is 0 Å². The molecule has 1 atom stereocenters. The third-order valence-corrected chi connectivity index (χ3v) is 5.77. The molecule has 2 aliphatic heterocycles. The van der Waals surface area contributed by atoms with Gasteiger partial charge in [0.2, 0.25) is 0 Å². The van der Waals surface area contributed by atoms with E-state index in [1.807, 2.05) is 30.0 Å². The molecule has 142 valence electrons. The van der Waals surface area contributed by atoms with E-state index in [9.17, 15) is 4.79 Å². The number of carbonyl (C=O) groups is 1. The van der Waals surface area contributed by atoms with E-state index < -0.39 is 5.66 Å². The summed E-state index contributed by atoms with van der Waals surface area (Å²) in [5.41, 5.74) is 0.777. The average Bonchev–Trinajstić information content (AvgIpc) is 2.98. The van der Waals surface area contributed by atoms with E-state index in [1.54, 1.807) is 0 Å². The smallest absolute Gasteiger partial charge is 0.363 e. The fourth-order valence-corrected chi connectivity index (χ4v) is 4.15. The van der Waals surface area contributed by atoms with E-state index in [2.05, 4.69) is 33.0 Å². The summed E-state index contributed by atoms with van der Waals surface area (Å²) < 4.78 is 0. The minimum Gasteiger partial charge on any atom is -0.369 e. The lowest BCUT2D eigenvalue weighted by Gasteiger charge is -2.37. The minimum atomic E-state index is -0.422. The highest BCUT2D eigenvalue weighted by Gasteiger charge is 2.42. The van der Waals surface area contributed by atoms with Crippen LogP contribution in [0.1, 0.15) is 33.1 Å². The number of hydrogen-bond donors (Lipinski definition) is 0. The Morgan fingerprint density at radius 1 is 1.19 bits per heavy atom. The number of piperazine rings is 1. The zero-order valence-electron chi connectivity index (χ0n) is 15.7. The summed E-state index contributed by atoms with van der Waals surface area (Å²) >= 11 is 6.10. The van der Waals surface area contributed by atoms with Gasteiger partial charge in [-0.3, -0.25) is 9.80 Å². The van der Waals surface area contributed by atoms with Crippen LogP contribution in [-0.4, -0.2) is 60.8 Å². The van der Waals surface area contributed by atoms with Gasteiger partial charge in [0.15, 0.2) is 5.66 Å². The van der Waals surface area contributed by atoms with Crippen LogP contribution in [0, 0.1) is 0 Å². The van der Waals surface area contributed by atoms with Crippen molar-refractivity contribution in [2.24, 2.45) is 10.2 Å². The van der Waals surface area contributed by atoms with Crippen molar-refractivity contribution in [3.8, 4) is 0 Å². The molecule has 2 heterocycles. The summed E-state index contributed by atoms with van der Waals surface area (Å²) in [6.07, 6.45) is 2.72. The number of hydrogen-bond acceptors (Lipinski definition) is 4. The average molecular weight is 378 g/mol. The third kappa shape index (κ3) is 4.01. The number of nitrogens with zero attached hydrogens (tertiary/aromatic N) is 5. The number of anilines is 1. The second kappa shape index (κ2) is 8.35. The molecule has 0 aliphatic carbocycles. The van der Waals surface area contributed by atoms with Crippen molar-refractivity contribution in [2.75, 3.05) is 44.2 Å². The molecule has 2 aliphatic rings. The number of halogens is 1. The highest BCUT2D eigenvalue weighted by molar-refractivity contribution is 6.30. The molecule has 0 bridgehead atoms. The molecule has 0 radical (unpaired) electrons. The first kappa shape index (κ1) is 19.1. The molecule has 7 heteroatoms. The lowest BCUT2D eigenvalue weighted by Crippen LogP contribution is -2.48. The van der Waals surface area contributed by atoms with Gasteiger partial charge in [0, 0.05) is 43.4 Å². The highest BCUT2D eigenvalue weighted by Crippen LogP contribution is 2.33. The Morgan fingerprint density at radius 3 is 2.62 bits per heavy atom. The summed E-state index contributed by atoms with van der Waals surface area (Å²) in [6.45, 7) is 9.90. The van der Waals surface area contributed by atoms with E-state index in [0.29, 0.717) is 6.54 Å². The monoisotopic (exact) mass is 377 g/mol. The Hall–Kier alpha value is -1.66. The Labute approximate surface area is 160 Å². The molecular weight excluding hydrogens is 350 g/mol. The molecule has 1 fully saturated rings. The second-order valence-corrected chi connectivity index (χ2v) is 7.41. The molecule has 3 rings (SSSR count). The molecule has 0 N–H and O–H groups in total. The van der Waals surface area contributed by atoms with Gasteiger partial charge in [-0.05, 0) is 50.9 Å². The van der Waals surface area contributed by atoms with Crippen LogP contribution in [0.5, 0.6) is 0 Å². The van der Waals surface area contributed by atoms with Gasteiger partial charge in [0.05, 0.1) is 0 Å². The fraction of sp³-hybridized carbons (Fsp3) is 0.632. The van der Waals surface area contributed by atoms with Crippen molar-refractivity contribution in [1.29, 1.82) is 0 Å². The maximum absolute atomic E-state index is 11.9. The first-order valence-electron chi connectivity index (χ1n) is 9.55. The van der Waals surface area contributed by atoms with Gasteiger partial charge in [-0.25, -0.2) is 4.79 Å². The zero-order chi connectivity index (χ0) is 18.6.